The zero-order valence-electron chi connectivity index (χ0n) is 14.8. The van der Waals surface area contributed by atoms with Crippen LogP contribution in [0.25, 0.3) is 0 Å². The number of nitrogens with zero attached hydrogens (tertiary/aromatic N) is 2. The minimum Gasteiger partial charge on any atom is -0.347 e. The molecule has 3 rings (SSSR count). The van der Waals surface area contributed by atoms with Crippen LogP contribution in [0.2, 0.25) is 0 Å². The minimum absolute atomic E-state index is 0.0599. The molecule has 0 aliphatic carbocycles. The molecule has 136 valence electrons. The summed E-state index contributed by atoms with van der Waals surface area (Å²) in [5, 5.41) is 0. The van der Waals surface area contributed by atoms with Crippen molar-refractivity contribution in [2.45, 2.75) is 19.4 Å². The van der Waals surface area contributed by atoms with Crippen LogP contribution >= 0.6 is 0 Å². The Morgan fingerprint density at radius 1 is 1.12 bits per heavy atom. The van der Waals surface area contributed by atoms with Gasteiger partial charge in [0.1, 0.15) is 5.69 Å². The number of aromatic nitrogens is 1. The number of hydrogen-bond acceptors (Lipinski definition) is 3. The maximum atomic E-state index is 12.3. The van der Waals surface area contributed by atoms with E-state index in [1.807, 2.05) is 37.3 Å². The number of amides is 3. The first-order chi connectivity index (χ1) is 12.5. The molecule has 7 nitrogen and oxygen atoms in total. The van der Waals surface area contributed by atoms with Gasteiger partial charge in [0.15, 0.2) is 0 Å². The first-order valence-corrected chi connectivity index (χ1v) is 8.53. The number of rotatable bonds is 4. The van der Waals surface area contributed by atoms with E-state index in [9.17, 15) is 14.4 Å². The van der Waals surface area contributed by atoms with Crippen molar-refractivity contribution in [1.29, 1.82) is 0 Å². The highest BCUT2D eigenvalue weighted by molar-refractivity contribution is 5.95. The molecule has 0 radical (unpaired) electrons. The van der Waals surface area contributed by atoms with E-state index < -0.39 is 11.8 Å². The quantitative estimate of drug-likeness (QED) is 0.814. The molecule has 2 unspecified atom stereocenters. The lowest BCUT2D eigenvalue weighted by atomic mass is 10.1. The molecule has 2 N–H and O–H groups in total. The Hall–Kier alpha value is -3.09. The normalized spacial score (nSPS) is 17.8. The zero-order valence-corrected chi connectivity index (χ0v) is 14.8. The molecule has 1 aromatic heterocycles. The Balaban J connectivity index is 1.57. The summed E-state index contributed by atoms with van der Waals surface area (Å²) in [4.78, 5) is 38.4. The molecule has 3 amide bonds. The van der Waals surface area contributed by atoms with Gasteiger partial charge in [0, 0.05) is 26.2 Å². The van der Waals surface area contributed by atoms with Crippen LogP contribution < -0.4 is 10.9 Å². The Bertz CT molecular complexity index is 815. The molecule has 7 heteroatoms. The number of likely N-dealkylation sites (tertiary alicyclic amines) is 1. The van der Waals surface area contributed by atoms with Gasteiger partial charge in [-0.05, 0) is 24.6 Å². The minimum atomic E-state index is -0.484. The highest BCUT2D eigenvalue weighted by Gasteiger charge is 2.37. The third kappa shape index (κ3) is 3.61. The van der Waals surface area contributed by atoms with Gasteiger partial charge in [0.25, 0.3) is 5.91 Å². The van der Waals surface area contributed by atoms with E-state index in [0.29, 0.717) is 12.2 Å². The molecule has 1 aliphatic rings. The highest BCUT2D eigenvalue weighted by Crippen LogP contribution is 2.28. The van der Waals surface area contributed by atoms with Crippen LogP contribution in [0.5, 0.6) is 0 Å². The average molecular weight is 354 g/mol. The highest BCUT2D eigenvalue weighted by atomic mass is 16.2. The van der Waals surface area contributed by atoms with Gasteiger partial charge in [-0.3, -0.25) is 25.2 Å². The molecule has 2 atom stereocenters. The van der Waals surface area contributed by atoms with Gasteiger partial charge in [-0.25, -0.2) is 0 Å². The Kier molecular flexibility index (Phi) is 5.06. The number of hydrogen-bond donors (Lipinski definition) is 2. The Labute approximate surface area is 152 Å². The third-order valence-corrected chi connectivity index (χ3v) is 4.75. The van der Waals surface area contributed by atoms with Crippen molar-refractivity contribution in [1.82, 2.24) is 20.3 Å². The summed E-state index contributed by atoms with van der Waals surface area (Å²) in [6, 6.07) is 13.0. The molecule has 1 aromatic carbocycles. The summed E-state index contributed by atoms with van der Waals surface area (Å²) in [5.41, 5.74) is 6.30. The number of carbonyl (C=O) groups is 3. The van der Waals surface area contributed by atoms with E-state index >= 15 is 0 Å². The second-order valence-electron chi connectivity index (χ2n) is 6.48. The molecule has 0 bridgehead atoms. The van der Waals surface area contributed by atoms with Crippen molar-refractivity contribution in [3.8, 4) is 0 Å². The van der Waals surface area contributed by atoms with E-state index in [1.54, 1.807) is 34.8 Å². The van der Waals surface area contributed by atoms with Gasteiger partial charge < -0.3 is 9.47 Å². The second-order valence-corrected chi connectivity index (χ2v) is 6.48. The van der Waals surface area contributed by atoms with Gasteiger partial charge in [0.05, 0.1) is 12.0 Å². The van der Waals surface area contributed by atoms with Crippen LogP contribution in [0.3, 0.4) is 0 Å². The second kappa shape index (κ2) is 7.43. The average Bonchev–Trinajstić information content (AvgIpc) is 3.25. The monoisotopic (exact) mass is 354 g/mol. The summed E-state index contributed by atoms with van der Waals surface area (Å²) >= 11 is 0. The van der Waals surface area contributed by atoms with E-state index in [0.717, 1.165) is 5.56 Å². The van der Waals surface area contributed by atoms with Crippen LogP contribution in [0.15, 0.2) is 48.7 Å². The fraction of sp³-hybridized carbons (Fsp3) is 0.316. The van der Waals surface area contributed by atoms with Gasteiger partial charge in [-0.1, -0.05) is 30.3 Å². The summed E-state index contributed by atoms with van der Waals surface area (Å²) in [6.45, 7) is 2.28. The standard InChI is InChI=1S/C19H22N4O3/c1-13(14-7-4-3-5-8-14)23-12-15(11-17(23)24)18(25)20-21-19(26)16-9-6-10-22(16)2/h3-10,13,15H,11-12H2,1-2H3,(H,20,25)(H,21,26). The fourth-order valence-electron chi connectivity index (χ4n) is 3.17. The number of nitrogens with one attached hydrogen (secondary N) is 2. The molecule has 1 saturated heterocycles. The van der Waals surface area contributed by atoms with E-state index in [-0.39, 0.29) is 24.3 Å². The van der Waals surface area contributed by atoms with Crippen molar-refractivity contribution in [3.05, 3.63) is 59.9 Å². The van der Waals surface area contributed by atoms with Crippen molar-refractivity contribution in [3.63, 3.8) is 0 Å². The van der Waals surface area contributed by atoms with E-state index in [1.165, 1.54) is 0 Å². The molecule has 26 heavy (non-hydrogen) atoms. The molecular formula is C19H22N4O3. The fourth-order valence-corrected chi connectivity index (χ4v) is 3.17. The number of benzene rings is 1. The molecule has 0 spiro atoms. The summed E-state index contributed by atoms with van der Waals surface area (Å²) in [6.07, 6.45) is 1.89. The molecular weight excluding hydrogens is 332 g/mol. The first kappa shape index (κ1) is 17.7. The van der Waals surface area contributed by atoms with E-state index in [4.69, 9.17) is 0 Å². The lowest BCUT2D eigenvalue weighted by molar-refractivity contribution is -0.130. The summed E-state index contributed by atoms with van der Waals surface area (Å²) in [5.74, 6) is -1.30. The molecule has 1 aliphatic heterocycles. The molecule has 2 heterocycles. The summed E-state index contributed by atoms with van der Waals surface area (Å²) in [7, 11) is 1.75. The van der Waals surface area contributed by atoms with Gasteiger partial charge in [-0.15, -0.1) is 0 Å². The van der Waals surface area contributed by atoms with Crippen molar-refractivity contribution < 1.29 is 14.4 Å². The smallest absolute Gasteiger partial charge is 0.286 e. The van der Waals surface area contributed by atoms with Crippen LogP contribution in [0, 0.1) is 5.92 Å². The number of carbonyl (C=O) groups excluding carboxylic acids is 3. The van der Waals surface area contributed by atoms with Crippen molar-refractivity contribution in [2.75, 3.05) is 6.54 Å². The maximum absolute atomic E-state index is 12.3. The lowest BCUT2D eigenvalue weighted by Gasteiger charge is -2.25. The van der Waals surface area contributed by atoms with Gasteiger partial charge in [0.2, 0.25) is 11.8 Å². The van der Waals surface area contributed by atoms with Crippen LogP contribution in [0.4, 0.5) is 0 Å². The molecule has 1 fully saturated rings. The van der Waals surface area contributed by atoms with E-state index in [2.05, 4.69) is 10.9 Å². The van der Waals surface area contributed by atoms with Crippen molar-refractivity contribution >= 4 is 17.7 Å². The zero-order chi connectivity index (χ0) is 18.7. The van der Waals surface area contributed by atoms with Crippen LogP contribution in [-0.4, -0.2) is 33.7 Å². The predicted octanol–water partition coefficient (Wildman–Crippen LogP) is 1.40. The molecule has 2 aromatic rings. The summed E-state index contributed by atoms with van der Waals surface area (Å²) < 4.78 is 1.66. The SMILES string of the molecule is CC(c1ccccc1)N1CC(C(=O)NNC(=O)c2cccn2C)CC1=O. The van der Waals surface area contributed by atoms with Crippen LogP contribution in [0.1, 0.15) is 35.4 Å². The molecule has 0 saturated carbocycles. The maximum Gasteiger partial charge on any atom is 0.286 e. The largest absolute Gasteiger partial charge is 0.347 e. The predicted molar refractivity (Wildman–Crippen MR) is 95.7 cm³/mol. The topological polar surface area (TPSA) is 83.4 Å². The Morgan fingerprint density at radius 2 is 1.85 bits per heavy atom. The van der Waals surface area contributed by atoms with Gasteiger partial charge in [-0.2, -0.15) is 0 Å². The number of aryl methyl sites for hydroxylation is 1. The third-order valence-electron chi connectivity index (χ3n) is 4.75. The Morgan fingerprint density at radius 3 is 2.50 bits per heavy atom. The van der Waals surface area contributed by atoms with Crippen molar-refractivity contribution in [2.24, 2.45) is 13.0 Å². The number of hydrazine groups is 1. The van der Waals surface area contributed by atoms with Crippen LogP contribution in [-0.2, 0) is 16.6 Å². The van der Waals surface area contributed by atoms with Gasteiger partial charge >= 0.3 is 0 Å². The first-order valence-electron chi connectivity index (χ1n) is 8.53. The lowest BCUT2D eigenvalue weighted by Crippen LogP contribution is -2.45.